The zero-order valence-electron chi connectivity index (χ0n) is 14.8. The Kier molecular flexibility index (Phi) is 5.20. The van der Waals surface area contributed by atoms with Gasteiger partial charge in [0.05, 0.1) is 11.6 Å². The van der Waals surface area contributed by atoms with Crippen LogP contribution >= 0.6 is 12.2 Å². The van der Waals surface area contributed by atoms with E-state index in [1.807, 2.05) is 35.0 Å². The molecule has 0 fully saturated rings. The van der Waals surface area contributed by atoms with Gasteiger partial charge >= 0.3 is 0 Å². The highest BCUT2D eigenvalue weighted by molar-refractivity contribution is 7.71. The summed E-state index contributed by atoms with van der Waals surface area (Å²) in [7, 11) is 0. The van der Waals surface area contributed by atoms with Gasteiger partial charge < -0.3 is 4.57 Å². The largest absolute Gasteiger partial charge is 0.330 e. The molecule has 0 radical (unpaired) electrons. The number of hydrogen-bond acceptors (Lipinski definition) is 3. The van der Waals surface area contributed by atoms with Crippen molar-refractivity contribution in [3.05, 3.63) is 63.2 Å². The molecule has 3 aromatic rings. The minimum atomic E-state index is -0.169. The number of aromatic amines is 2. The Labute approximate surface area is 152 Å². The van der Waals surface area contributed by atoms with Gasteiger partial charge in [0.1, 0.15) is 10.0 Å². The molecule has 0 saturated heterocycles. The van der Waals surface area contributed by atoms with Crippen LogP contribution in [0, 0.1) is 4.64 Å². The van der Waals surface area contributed by atoms with Gasteiger partial charge in [-0.05, 0) is 32.0 Å². The highest BCUT2D eigenvalue weighted by Gasteiger charge is 2.20. The molecule has 132 valence electrons. The fraction of sp³-hybridized carbons (Fsp3) is 0.368. The van der Waals surface area contributed by atoms with Crippen molar-refractivity contribution >= 4 is 23.1 Å². The third-order valence-electron chi connectivity index (χ3n) is 4.72. The third kappa shape index (κ3) is 3.45. The standard InChI is InChI=1S/C19H24N4OS/c1-4-22(13(2)3)12-16(14-8-6-5-7-9-14)23-11-10-15-17(19(23)25)18(24)21-20-15/h5-11,13,16H,4,12H2,1-3H3,(H2,20,21,24). The average molecular weight is 356 g/mol. The normalized spacial score (nSPS) is 13.0. The molecule has 0 bridgehead atoms. The van der Waals surface area contributed by atoms with Crippen LogP contribution in [0.2, 0.25) is 0 Å². The predicted octanol–water partition coefficient (Wildman–Crippen LogP) is 3.71. The predicted molar refractivity (Wildman–Crippen MR) is 105 cm³/mol. The van der Waals surface area contributed by atoms with Gasteiger partial charge in [0.25, 0.3) is 5.56 Å². The number of nitrogens with one attached hydrogen (secondary N) is 2. The number of nitrogens with zero attached hydrogens (tertiary/aromatic N) is 2. The van der Waals surface area contributed by atoms with Crippen LogP contribution < -0.4 is 5.56 Å². The molecule has 0 aliphatic carbocycles. The number of pyridine rings is 1. The molecule has 0 saturated carbocycles. The number of benzene rings is 1. The van der Waals surface area contributed by atoms with Crippen molar-refractivity contribution < 1.29 is 0 Å². The maximum atomic E-state index is 12.1. The summed E-state index contributed by atoms with van der Waals surface area (Å²) in [6.07, 6.45) is 1.97. The van der Waals surface area contributed by atoms with Crippen LogP contribution in [0.5, 0.6) is 0 Å². The summed E-state index contributed by atoms with van der Waals surface area (Å²) in [6, 6.07) is 12.7. The van der Waals surface area contributed by atoms with Crippen molar-refractivity contribution in [1.29, 1.82) is 0 Å². The van der Waals surface area contributed by atoms with Crippen molar-refractivity contribution in [1.82, 2.24) is 19.7 Å². The van der Waals surface area contributed by atoms with Gasteiger partial charge in [-0.1, -0.05) is 49.5 Å². The Morgan fingerprint density at radius 2 is 1.88 bits per heavy atom. The van der Waals surface area contributed by atoms with Crippen molar-refractivity contribution in [2.45, 2.75) is 32.9 Å². The van der Waals surface area contributed by atoms with Gasteiger partial charge in [0.2, 0.25) is 0 Å². The van der Waals surface area contributed by atoms with E-state index in [0.717, 1.165) is 18.6 Å². The van der Waals surface area contributed by atoms with Crippen LogP contribution in [0.25, 0.3) is 10.9 Å². The Bertz CT molecular complexity index is 955. The molecule has 25 heavy (non-hydrogen) atoms. The molecule has 2 N–H and O–H groups in total. The minimum Gasteiger partial charge on any atom is -0.330 e. The second-order valence-corrected chi connectivity index (χ2v) is 6.89. The van der Waals surface area contributed by atoms with E-state index in [4.69, 9.17) is 12.2 Å². The average Bonchev–Trinajstić information content (AvgIpc) is 2.99. The fourth-order valence-electron chi connectivity index (χ4n) is 3.26. The quantitative estimate of drug-likeness (QED) is 0.662. The van der Waals surface area contributed by atoms with E-state index in [1.54, 1.807) is 0 Å². The Balaban J connectivity index is 2.15. The first-order chi connectivity index (χ1) is 12.0. The maximum Gasteiger partial charge on any atom is 0.274 e. The summed E-state index contributed by atoms with van der Waals surface area (Å²) in [4.78, 5) is 14.5. The Morgan fingerprint density at radius 1 is 1.16 bits per heavy atom. The molecule has 0 aliphatic heterocycles. The minimum absolute atomic E-state index is 0.0507. The molecule has 0 aliphatic rings. The first-order valence-corrected chi connectivity index (χ1v) is 9.04. The number of hydrogen-bond donors (Lipinski definition) is 2. The third-order valence-corrected chi connectivity index (χ3v) is 5.14. The molecule has 1 unspecified atom stereocenters. The van der Waals surface area contributed by atoms with Gasteiger partial charge in [-0.15, -0.1) is 0 Å². The van der Waals surface area contributed by atoms with E-state index in [1.165, 1.54) is 5.56 Å². The van der Waals surface area contributed by atoms with Crippen LogP contribution in [0.15, 0.2) is 47.4 Å². The molecule has 1 atom stereocenters. The van der Waals surface area contributed by atoms with E-state index >= 15 is 0 Å². The van der Waals surface area contributed by atoms with Crippen LogP contribution in [0.4, 0.5) is 0 Å². The maximum absolute atomic E-state index is 12.1. The lowest BCUT2D eigenvalue weighted by molar-refractivity contribution is 0.209. The summed E-state index contributed by atoms with van der Waals surface area (Å²) in [5, 5.41) is 6.05. The molecular formula is C19H24N4OS. The molecular weight excluding hydrogens is 332 g/mol. The van der Waals surface area contributed by atoms with Gasteiger partial charge in [-0.3, -0.25) is 19.9 Å². The summed E-state index contributed by atoms with van der Waals surface area (Å²) < 4.78 is 2.61. The van der Waals surface area contributed by atoms with E-state index in [9.17, 15) is 4.79 Å². The highest BCUT2D eigenvalue weighted by atomic mass is 32.1. The fourth-order valence-corrected chi connectivity index (χ4v) is 3.65. The lowest BCUT2D eigenvalue weighted by atomic mass is 10.0. The lowest BCUT2D eigenvalue weighted by Crippen LogP contribution is -2.36. The first-order valence-electron chi connectivity index (χ1n) is 8.63. The Morgan fingerprint density at radius 3 is 2.52 bits per heavy atom. The summed E-state index contributed by atoms with van der Waals surface area (Å²) in [5.41, 5.74) is 1.76. The van der Waals surface area contributed by atoms with Crippen LogP contribution in [-0.2, 0) is 0 Å². The van der Waals surface area contributed by atoms with E-state index in [0.29, 0.717) is 16.1 Å². The second kappa shape index (κ2) is 7.37. The number of likely N-dealkylation sites (N-methyl/N-ethyl adjacent to an activating group) is 1. The second-order valence-electron chi connectivity index (χ2n) is 6.50. The zero-order chi connectivity index (χ0) is 18.0. The van der Waals surface area contributed by atoms with Crippen molar-refractivity contribution in [3.63, 3.8) is 0 Å². The molecule has 0 spiro atoms. The van der Waals surface area contributed by atoms with Crippen molar-refractivity contribution in [2.75, 3.05) is 13.1 Å². The van der Waals surface area contributed by atoms with Crippen molar-refractivity contribution in [2.24, 2.45) is 0 Å². The highest BCUT2D eigenvalue weighted by Crippen LogP contribution is 2.23. The molecule has 0 amide bonds. The molecule has 3 rings (SSSR count). The number of fused-ring (bicyclic) bond motifs is 1. The molecule has 2 aromatic heterocycles. The monoisotopic (exact) mass is 356 g/mol. The summed E-state index contributed by atoms with van der Waals surface area (Å²) in [6.45, 7) is 8.36. The van der Waals surface area contributed by atoms with E-state index in [2.05, 4.69) is 48.0 Å². The molecule has 1 aromatic carbocycles. The van der Waals surface area contributed by atoms with Crippen molar-refractivity contribution in [3.8, 4) is 0 Å². The topological polar surface area (TPSA) is 56.8 Å². The van der Waals surface area contributed by atoms with Crippen LogP contribution in [-0.4, -0.2) is 38.8 Å². The van der Waals surface area contributed by atoms with Gasteiger partial charge in [-0.25, -0.2) is 0 Å². The van der Waals surface area contributed by atoms with Crippen LogP contribution in [0.3, 0.4) is 0 Å². The van der Waals surface area contributed by atoms with Gasteiger partial charge in [0.15, 0.2) is 0 Å². The molecule has 2 heterocycles. The summed E-state index contributed by atoms with van der Waals surface area (Å²) in [5.74, 6) is 0. The number of aromatic nitrogens is 3. The number of rotatable bonds is 6. The van der Waals surface area contributed by atoms with E-state index in [-0.39, 0.29) is 11.6 Å². The number of H-pyrrole nitrogens is 2. The Hall–Kier alpha value is -2.18. The van der Waals surface area contributed by atoms with E-state index < -0.39 is 0 Å². The molecule has 5 nitrogen and oxygen atoms in total. The van der Waals surface area contributed by atoms with Gasteiger partial charge in [0, 0.05) is 18.8 Å². The molecule has 6 heteroatoms. The van der Waals surface area contributed by atoms with Gasteiger partial charge in [-0.2, -0.15) is 0 Å². The first kappa shape index (κ1) is 17.6. The van der Waals surface area contributed by atoms with Crippen LogP contribution in [0.1, 0.15) is 32.4 Å². The smallest absolute Gasteiger partial charge is 0.274 e. The SMILES string of the molecule is CCN(CC(c1ccccc1)n1ccc2[nH][nH]c(=O)c2c1=S)C(C)C. The summed E-state index contributed by atoms with van der Waals surface area (Å²) >= 11 is 5.67. The zero-order valence-corrected chi connectivity index (χ0v) is 15.6. The lowest BCUT2D eigenvalue weighted by Gasteiger charge is -2.31.